The zero-order chi connectivity index (χ0) is 50.5. The standard InChI is InChI=1S/C49H75N11O7S/c1-28(2)37-43(64)59-40(48(6,7)8)42(54-27-36(63)60-22-19-29(3)39(60)45(66)56-37)58-41(49(9,10)11)46(67)57-38(31(5)32-17-13-12-14-18-32)44(65)55-34(47-52-21-23-68-47)24-35(62)53-26-33(50)25-51-20-15-16-30(4)61/h12-14,17-18,21,23,25,28-29,31,34,37-41,51H,15-16,19-20,22,24,26-27,50H2,1-11H3,(H,53,62)(H,54,58)(H,55,65)(H,56,66)(H,57,67)(H,59,64)/b33-25-/t29-,31+,34-,37+,38?,39+,40?,41?/m1/s1. The maximum Gasteiger partial charge on any atom is 0.244 e. The number of nitrogens with two attached hydrogens (primary N) is 1. The first kappa shape index (κ1) is 54.8. The monoisotopic (exact) mass is 962 g/mol. The van der Waals surface area contributed by atoms with Crippen molar-refractivity contribution >= 4 is 58.4 Å². The van der Waals surface area contributed by atoms with Crippen LogP contribution in [0.2, 0.25) is 0 Å². The van der Waals surface area contributed by atoms with E-state index >= 15 is 0 Å². The van der Waals surface area contributed by atoms with Gasteiger partial charge in [-0.1, -0.05) is 99.6 Å². The number of carbonyl (C=O) groups excluding carboxylic acids is 7. The molecular formula is C49H75N11O7S. The fourth-order valence-corrected chi connectivity index (χ4v) is 8.93. The Bertz CT molecular complexity index is 2130. The van der Waals surface area contributed by atoms with Gasteiger partial charge in [-0.2, -0.15) is 0 Å². The number of amides is 6. The second-order valence-corrected chi connectivity index (χ2v) is 21.5. The van der Waals surface area contributed by atoms with Gasteiger partial charge < -0.3 is 52.6 Å². The molecule has 0 saturated carbocycles. The van der Waals surface area contributed by atoms with E-state index in [1.807, 2.05) is 99.6 Å². The van der Waals surface area contributed by atoms with Crippen molar-refractivity contribution < 1.29 is 33.6 Å². The van der Waals surface area contributed by atoms with E-state index in [4.69, 9.17) is 10.7 Å². The van der Waals surface area contributed by atoms with Gasteiger partial charge in [-0.05, 0) is 48.0 Å². The highest BCUT2D eigenvalue weighted by Crippen LogP contribution is 2.29. The van der Waals surface area contributed by atoms with E-state index in [0.29, 0.717) is 43.1 Å². The van der Waals surface area contributed by atoms with Gasteiger partial charge in [0.2, 0.25) is 35.4 Å². The number of hydrogen-bond donors (Lipinski definition) is 8. The van der Waals surface area contributed by atoms with Crippen molar-refractivity contribution in [3.63, 3.8) is 0 Å². The predicted molar refractivity (Wildman–Crippen MR) is 264 cm³/mol. The van der Waals surface area contributed by atoms with Gasteiger partial charge in [-0.25, -0.2) is 4.98 Å². The Morgan fingerprint density at radius 2 is 1.66 bits per heavy atom. The summed E-state index contributed by atoms with van der Waals surface area (Å²) in [5.74, 6) is -3.43. The highest BCUT2D eigenvalue weighted by atomic mass is 32.1. The minimum Gasteiger partial charge on any atom is -0.399 e. The van der Waals surface area contributed by atoms with Crippen LogP contribution in [-0.4, -0.2) is 113 Å². The molecule has 8 atom stereocenters. The van der Waals surface area contributed by atoms with Crippen LogP contribution in [0, 0.1) is 22.7 Å². The molecule has 0 bridgehead atoms. The molecule has 2 aliphatic heterocycles. The lowest BCUT2D eigenvalue weighted by Crippen LogP contribution is -2.65. The average Bonchev–Trinajstić information content (AvgIpc) is 3.94. The van der Waals surface area contributed by atoms with Crippen molar-refractivity contribution in [2.45, 2.75) is 144 Å². The summed E-state index contributed by atoms with van der Waals surface area (Å²) >= 11 is 1.27. The fraction of sp³-hybridized carbons (Fsp3) is 0.612. The third-order valence-corrected chi connectivity index (χ3v) is 13.1. The molecule has 6 amide bonds. The first-order valence-corrected chi connectivity index (χ1v) is 24.5. The van der Waals surface area contributed by atoms with Crippen LogP contribution in [0.15, 0.2) is 58.8 Å². The van der Waals surface area contributed by atoms with E-state index in [1.54, 1.807) is 17.8 Å². The Balaban J connectivity index is 1.67. The van der Waals surface area contributed by atoms with Crippen molar-refractivity contribution in [2.75, 3.05) is 26.2 Å². The van der Waals surface area contributed by atoms with Crippen molar-refractivity contribution in [2.24, 2.45) is 33.4 Å². The Morgan fingerprint density at radius 1 is 0.971 bits per heavy atom. The van der Waals surface area contributed by atoms with Crippen LogP contribution in [0.25, 0.3) is 0 Å². The molecule has 4 rings (SSSR count). The van der Waals surface area contributed by atoms with Gasteiger partial charge in [-0.3, -0.25) is 33.8 Å². The topological polar surface area (TPSA) is 258 Å². The number of rotatable bonds is 18. The van der Waals surface area contributed by atoms with Crippen LogP contribution in [0.5, 0.6) is 0 Å². The fourth-order valence-electron chi connectivity index (χ4n) is 8.24. The van der Waals surface area contributed by atoms with E-state index in [1.165, 1.54) is 23.2 Å². The van der Waals surface area contributed by atoms with Crippen molar-refractivity contribution in [3.8, 4) is 0 Å². The van der Waals surface area contributed by atoms with Gasteiger partial charge in [-0.15, -0.1) is 11.3 Å². The summed E-state index contributed by atoms with van der Waals surface area (Å²) in [7, 11) is 0. The molecule has 0 spiro atoms. The molecule has 2 aromatic rings. The van der Waals surface area contributed by atoms with Gasteiger partial charge in [0, 0.05) is 48.9 Å². The molecule has 3 heterocycles. The number of fused-ring (bicyclic) bond motifs is 1. The van der Waals surface area contributed by atoms with E-state index in [0.717, 1.165) is 5.56 Å². The van der Waals surface area contributed by atoms with Gasteiger partial charge >= 0.3 is 0 Å². The van der Waals surface area contributed by atoms with Crippen molar-refractivity contribution in [1.82, 2.24) is 47.1 Å². The summed E-state index contributed by atoms with van der Waals surface area (Å²) in [4.78, 5) is 107. The molecule has 9 N–H and O–H groups in total. The average molecular weight is 962 g/mol. The number of carbonyl (C=O) groups is 7. The second-order valence-electron chi connectivity index (χ2n) is 20.6. The number of thiazole rings is 1. The van der Waals surface area contributed by atoms with Gasteiger partial charge in [0.05, 0.1) is 25.0 Å². The number of nitrogens with zero attached hydrogens (tertiary/aromatic N) is 3. The maximum absolute atomic E-state index is 15.0. The highest BCUT2D eigenvalue weighted by Gasteiger charge is 2.44. The lowest BCUT2D eigenvalue weighted by atomic mass is 9.82. The van der Waals surface area contributed by atoms with Crippen molar-refractivity contribution in [3.05, 3.63) is 64.4 Å². The maximum atomic E-state index is 15.0. The zero-order valence-electron chi connectivity index (χ0n) is 41.7. The molecule has 374 valence electrons. The lowest BCUT2D eigenvalue weighted by Gasteiger charge is -2.39. The summed E-state index contributed by atoms with van der Waals surface area (Å²) in [6.07, 6.45) is 4.69. The molecule has 3 unspecified atom stereocenters. The van der Waals surface area contributed by atoms with Crippen LogP contribution in [-0.2, 0) is 33.6 Å². The molecule has 2 aliphatic rings. The first-order chi connectivity index (χ1) is 31.9. The second kappa shape index (κ2) is 24.4. The third-order valence-electron chi connectivity index (χ3n) is 12.3. The Kier molecular flexibility index (Phi) is 19.7. The molecule has 68 heavy (non-hydrogen) atoms. The summed E-state index contributed by atoms with van der Waals surface area (Å²) in [5.41, 5.74) is 5.70. The number of amidine groups is 1. The van der Waals surface area contributed by atoms with Crippen LogP contribution in [0.4, 0.5) is 0 Å². The number of aliphatic imine (C=N–C) groups is 1. The molecule has 1 saturated heterocycles. The molecule has 1 fully saturated rings. The molecule has 0 radical (unpaired) electrons. The lowest BCUT2D eigenvalue weighted by molar-refractivity contribution is -0.140. The number of Topliss-reactive ketones (excluding diaryl/α,β-unsaturated/α-hetero) is 1. The van der Waals surface area contributed by atoms with E-state index in [2.05, 4.69) is 42.2 Å². The zero-order valence-corrected chi connectivity index (χ0v) is 42.5. The molecule has 19 heteroatoms. The minimum absolute atomic E-state index is 0.0358. The van der Waals surface area contributed by atoms with Gasteiger partial charge in [0.15, 0.2) is 0 Å². The van der Waals surface area contributed by atoms with Gasteiger partial charge in [0.1, 0.15) is 47.3 Å². The molecule has 18 nitrogen and oxygen atoms in total. The minimum atomic E-state index is -1.17. The SMILES string of the molecule is CC(=O)CCCN/C=C(\N)CNC(=O)C[C@@H](NC(=O)C(NC(=O)C(NC1=NCC(=O)N2CC[C@@H](C)[C@H]2C(=O)N[C@@H](C(C)C)C(=O)NC1C(C)(C)C)C(C)(C)C)[C@@H](C)c1ccccc1)c1nccs1. The predicted octanol–water partition coefficient (Wildman–Crippen LogP) is 3.18. The normalized spacial score (nSPS) is 21.4. The summed E-state index contributed by atoms with van der Waals surface area (Å²) in [5, 5.41) is 23.5. The summed E-state index contributed by atoms with van der Waals surface area (Å²) < 4.78 is 0. The summed E-state index contributed by atoms with van der Waals surface area (Å²) in [6.45, 7) is 20.8. The quantitative estimate of drug-likeness (QED) is 0.101. The van der Waals surface area contributed by atoms with Crippen LogP contribution < -0.4 is 43.0 Å². The van der Waals surface area contributed by atoms with E-state index in [-0.39, 0.29) is 54.8 Å². The van der Waals surface area contributed by atoms with Crippen LogP contribution in [0.3, 0.4) is 0 Å². The largest absolute Gasteiger partial charge is 0.399 e. The Labute approximate surface area is 405 Å². The molecule has 1 aromatic heterocycles. The smallest absolute Gasteiger partial charge is 0.244 e. The molecule has 0 aliphatic carbocycles. The highest BCUT2D eigenvalue weighted by molar-refractivity contribution is 7.09. The molecule has 1 aromatic carbocycles. The number of nitrogens with one attached hydrogen (secondary N) is 7. The first-order valence-electron chi connectivity index (χ1n) is 23.6. The number of hydrogen-bond acceptors (Lipinski definition) is 13. The van der Waals surface area contributed by atoms with Gasteiger partial charge in [0.25, 0.3) is 0 Å². The number of benzene rings is 1. The Hall–Kier alpha value is -5.85. The van der Waals surface area contributed by atoms with E-state index in [9.17, 15) is 33.6 Å². The van der Waals surface area contributed by atoms with Crippen LogP contribution in [0.1, 0.15) is 124 Å². The third kappa shape index (κ3) is 15.6. The van der Waals surface area contributed by atoms with E-state index < -0.39 is 76.6 Å². The molecular weight excluding hydrogens is 887 g/mol. The van der Waals surface area contributed by atoms with Crippen LogP contribution >= 0.6 is 11.3 Å². The summed E-state index contributed by atoms with van der Waals surface area (Å²) in [6, 6.07) is 3.60. The number of aromatic nitrogens is 1. The number of ketones is 1. The van der Waals surface area contributed by atoms with Crippen molar-refractivity contribution in [1.29, 1.82) is 0 Å². The Morgan fingerprint density at radius 3 is 2.26 bits per heavy atom.